The number of hydrogen-bond donors (Lipinski definition) is 6. The van der Waals surface area contributed by atoms with Gasteiger partial charge in [-0.05, 0) is 12.8 Å². The van der Waals surface area contributed by atoms with E-state index in [9.17, 15) is 30.3 Å². The molecular weight excluding hydrogens is 911 g/mol. The van der Waals surface area contributed by atoms with Crippen LogP contribution in [0.4, 0.5) is 0 Å². The molecule has 73 heavy (non-hydrogen) atoms. The summed E-state index contributed by atoms with van der Waals surface area (Å²) in [5, 5.41) is 54.8. The highest BCUT2D eigenvalue weighted by atomic mass is 16.7. The van der Waals surface area contributed by atoms with Crippen molar-refractivity contribution in [1.82, 2.24) is 5.32 Å². The molecule has 0 bridgehead atoms. The van der Waals surface area contributed by atoms with Crippen LogP contribution in [0.3, 0.4) is 0 Å². The van der Waals surface area contributed by atoms with Gasteiger partial charge in [0.05, 0.1) is 25.4 Å². The Bertz CT molecular complexity index is 1110. The van der Waals surface area contributed by atoms with Gasteiger partial charge < -0.3 is 40.3 Å². The lowest BCUT2D eigenvalue weighted by molar-refractivity contribution is -0.302. The summed E-state index contributed by atoms with van der Waals surface area (Å²) < 4.78 is 11.4. The van der Waals surface area contributed by atoms with Crippen LogP contribution in [0.1, 0.15) is 348 Å². The summed E-state index contributed by atoms with van der Waals surface area (Å²) in [7, 11) is 0. The second-order valence-electron chi connectivity index (χ2n) is 23.3. The standard InChI is InChI=1S/C64H127NO8/c1-3-5-7-9-11-13-15-17-19-21-23-25-27-28-29-30-32-34-36-38-40-42-44-46-48-50-52-54-60(68)65-57(56-72-64-63(71)62(70)61(69)59(55-66)73-64)58(67)53-51-49-47-45-43-41-39-37-35-33-31-26-24-22-20-18-16-14-12-10-8-6-4-2/h57-59,61-64,66-67,69-71H,3-56H2,1-2H3,(H,65,68). The summed E-state index contributed by atoms with van der Waals surface area (Å²) in [6.45, 7) is 3.90. The molecule has 0 aromatic rings. The van der Waals surface area contributed by atoms with Crippen LogP contribution >= 0.6 is 0 Å². The van der Waals surface area contributed by atoms with Crippen molar-refractivity contribution in [2.75, 3.05) is 13.2 Å². The fraction of sp³-hybridized carbons (Fsp3) is 0.984. The maximum Gasteiger partial charge on any atom is 0.220 e. The van der Waals surface area contributed by atoms with E-state index in [2.05, 4.69) is 19.2 Å². The molecule has 1 rings (SSSR count). The predicted octanol–water partition coefficient (Wildman–Crippen LogP) is 17.0. The van der Waals surface area contributed by atoms with Crippen molar-refractivity contribution in [3.63, 3.8) is 0 Å². The van der Waals surface area contributed by atoms with Gasteiger partial charge in [0.25, 0.3) is 0 Å². The first-order valence-electron chi connectivity index (χ1n) is 32.7. The normalized spacial score (nSPS) is 18.9. The van der Waals surface area contributed by atoms with Gasteiger partial charge >= 0.3 is 0 Å². The molecular formula is C64H127NO8. The molecule has 7 unspecified atom stereocenters. The summed E-state index contributed by atoms with van der Waals surface area (Å²) in [6, 6.07) is -0.714. The highest BCUT2D eigenvalue weighted by Gasteiger charge is 2.44. The lowest BCUT2D eigenvalue weighted by Crippen LogP contribution is -2.60. The van der Waals surface area contributed by atoms with E-state index in [1.54, 1.807) is 0 Å². The molecule has 436 valence electrons. The van der Waals surface area contributed by atoms with Gasteiger partial charge in [0.1, 0.15) is 24.4 Å². The van der Waals surface area contributed by atoms with E-state index in [0.717, 1.165) is 38.5 Å². The van der Waals surface area contributed by atoms with Gasteiger partial charge in [-0.2, -0.15) is 0 Å². The minimum absolute atomic E-state index is 0.130. The lowest BCUT2D eigenvalue weighted by Gasteiger charge is -2.40. The van der Waals surface area contributed by atoms with Crippen molar-refractivity contribution in [3.05, 3.63) is 0 Å². The Labute approximate surface area is 453 Å². The van der Waals surface area contributed by atoms with Gasteiger partial charge in [-0.25, -0.2) is 0 Å². The number of aliphatic hydroxyl groups excluding tert-OH is 5. The van der Waals surface area contributed by atoms with Crippen molar-refractivity contribution in [3.8, 4) is 0 Å². The number of aliphatic hydroxyl groups is 5. The predicted molar refractivity (Wildman–Crippen MR) is 309 cm³/mol. The van der Waals surface area contributed by atoms with E-state index in [-0.39, 0.29) is 12.5 Å². The quantitative estimate of drug-likeness (QED) is 0.0330. The minimum Gasteiger partial charge on any atom is -0.394 e. The number of unbranched alkanes of at least 4 members (excludes halogenated alkanes) is 48. The van der Waals surface area contributed by atoms with Crippen molar-refractivity contribution >= 4 is 5.91 Å². The number of carbonyl (C=O) groups is 1. The van der Waals surface area contributed by atoms with Gasteiger partial charge in [-0.1, -0.05) is 328 Å². The maximum atomic E-state index is 13.1. The average Bonchev–Trinajstić information content (AvgIpc) is 3.39. The Morgan fingerprint density at radius 1 is 0.411 bits per heavy atom. The molecule has 1 aliphatic heterocycles. The monoisotopic (exact) mass is 1040 g/mol. The molecule has 9 nitrogen and oxygen atoms in total. The minimum atomic E-state index is -1.55. The van der Waals surface area contributed by atoms with Gasteiger partial charge in [0.15, 0.2) is 6.29 Å². The van der Waals surface area contributed by atoms with Crippen LogP contribution in [-0.4, -0.2) is 87.5 Å². The zero-order valence-corrected chi connectivity index (χ0v) is 48.7. The Hall–Kier alpha value is -0.810. The fourth-order valence-electron chi connectivity index (χ4n) is 11.0. The third-order valence-corrected chi connectivity index (χ3v) is 16.2. The number of hydrogen-bond acceptors (Lipinski definition) is 8. The number of amides is 1. The topological polar surface area (TPSA) is 149 Å². The van der Waals surface area contributed by atoms with Crippen LogP contribution in [0, 0.1) is 0 Å². The Kier molecular flexibility index (Phi) is 52.5. The molecule has 0 aromatic carbocycles. The second-order valence-corrected chi connectivity index (χ2v) is 23.3. The molecule has 1 heterocycles. The van der Waals surface area contributed by atoms with Gasteiger partial charge in [-0.15, -0.1) is 0 Å². The Morgan fingerprint density at radius 2 is 0.685 bits per heavy atom. The molecule has 0 saturated carbocycles. The molecule has 6 N–H and O–H groups in total. The summed E-state index contributed by atoms with van der Waals surface area (Å²) in [6.07, 6.45) is 60.1. The molecule has 9 heteroatoms. The summed E-state index contributed by atoms with van der Waals surface area (Å²) in [4.78, 5) is 13.1. The molecule has 1 amide bonds. The van der Waals surface area contributed by atoms with Crippen LogP contribution in [0.5, 0.6) is 0 Å². The fourth-order valence-corrected chi connectivity index (χ4v) is 11.0. The van der Waals surface area contributed by atoms with Gasteiger partial charge in [0.2, 0.25) is 5.91 Å². The molecule has 7 atom stereocenters. The van der Waals surface area contributed by atoms with Crippen LogP contribution in [-0.2, 0) is 14.3 Å². The first-order valence-corrected chi connectivity index (χ1v) is 32.7. The molecule has 1 fully saturated rings. The highest BCUT2D eigenvalue weighted by molar-refractivity contribution is 5.76. The first-order chi connectivity index (χ1) is 35.8. The average molecular weight is 1040 g/mol. The molecule has 1 saturated heterocycles. The molecule has 0 aromatic heterocycles. The molecule has 0 aliphatic carbocycles. The van der Waals surface area contributed by atoms with E-state index >= 15 is 0 Å². The molecule has 0 spiro atoms. The van der Waals surface area contributed by atoms with E-state index < -0.39 is 49.5 Å². The van der Waals surface area contributed by atoms with E-state index in [4.69, 9.17) is 9.47 Å². The SMILES string of the molecule is CCCCCCCCCCCCCCCCCCCCCCCCCCCCCC(=O)NC(COC1OC(CO)C(O)C(O)C1O)C(O)CCCCCCCCCCCCCCCCCCCCCCCCC. The third-order valence-electron chi connectivity index (χ3n) is 16.2. The maximum absolute atomic E-state index is 13.1. The Balaban J connectivity index is 2.13. The first kappa shape index (κ1) is 70.2. The summed E-state index contributed by atoms with van der Waals surface area (Å²) in [5.74, 6) is -0.134. The van der Waals surface area contributed by atoms with E-state index in [1.165, 1.54) is 283 Å². The summed E-state index contributed by atoms with van der Waals surface area (Å²) >= 11 is 0. The lowest BCUT2D eigenvalue weighted by atomic mass is 9.99. The molecule has 0 radical (unpaired) electrons. The smallest absolute Gasteiger partial charge is 0.220 e. The van der Waals surface area contributed by atoms with Gasteiger partial charge in [0, 0.05) is 6.42 Å². The van der Waals surface area contributed by atoms with Crippen molar-refractivity contribution in [2.45, 2.75) is 391 Å². The zero-order chi connectivity index (χ0) is 52.9. The zero-order valence-electron chi connectivity index (χ0n) is 48.7. The number of carbonyl (C=O) groups excluding carboxylic acids is 1. The second kappa shape index (κ2) is 54.5. The van der Waals surface area contributed by atoms with Crippen LogP contribution in [0.15, 0.2) is 0 Å². The van der Waals surface area contributed by atoms with E-state index in [1.807, 2.05) is 0 Å². The number of rotatable bonds is 58. The van der Waals surface area contributed by atoms with E-state index in [0.29, 0.717) is 12.8 Å². The number of nitrogens with one attached hydrogen (secondary N) is 1. The van der Waals surface area contributed by atoms with Crippen molar-refractivity contribution < 1.29 is 39.8 Å². The highest BCUT2D eigenvalue weighted by Crippen LogP contribution is 2.24. The largest absolute Gasteiger partial charge is 0.394 e. The summed E-state index contributed by atoms with van der Waals surface area (Å²) in [5.41, 5.74) is 0. The van der Waals surface area contributed by atoms with Crippen LogP contribution < -0.4 is 5.32 Å². The van der Waals surface area contributed by atoms with Crippen LogP contribution in [0.25, 0.3) is 0 Å². The van der Waals surface area contributed by atoms with Gasteiger partial charge in [-0.3, -0.25) is 4.79 Å². The third kappa shape index (κ3) is 43.8. The number of ether oxygens (including phenoxy) is 2. The van der Waals surface area contributed by atoms with Crippen molar-refractivity contribution in [2.24, 2.45) is 0 Å². The molecule has 1 aliphatic rings. The van der Waals surface area contributed by atoms with Crippen LogP contribution in [0.2, 0.25) is 0 Å². The Morgan fingerprint density at radius 3 is 0.973 bits per heavy atom. The van der Waals surface area contributed by atoms with Crippen molar-refractivity contribution in [1.29, 1.82) is 0 Å².